The molecular formula is C11H22N2O. The quantitative estimate of drug-likeness (QED) is 0.727. The van der Waals surface area contributed by atoms with E-state index in [1.54, 1.807) is 7.11 Å². The predicted molar refractivity (Wildman–Crippen MR) is 57.5 cm³/mol. The number of hydrogen-bond acceptors (Lipinski definition) is 3. The summed E-state index contributed by atoms with van der Waals surface area (Å²) in [4.78, 5) is 2.67. The fourth-order valence-electron chi connectivity index (χ4n) is 2.84. The molecule has 0 radical (unpaired) electrons. The van der Waals surface area contributed by atoms with Crippen LogP contribution >= 0.6 is 0 Å². The Morgan fingerprint density at radius 2 is 2.14 bits per heavy atom. The lowest BCUT2D eigenvalue weighted by molar-refractivity contribution is 0.0457. The van der Waals surface area contributed by atoms with Crippen molar-refractivity contribution in [1.82, 2.24) is 10.2 Å². The largest absolute Gasteiger partial charge is 0.383 e. The zero-order valence-corrected chi connectivity index (χ0v) is 9.17. The first-order chi connectivity index (χ1) is 6.92. The highest BCUT2D eigenvalue weighted by molar-refractivity contribution is 4.87. The van der Waals surface area contributed by atoms with E-state index < -0.39 is 0 Å². The van der Waals surface area contributed by atoms with Crippen LogP contribution in [0.2, 0.25) is 0 Å². The molecule has 3 heteroatoms. The Bertz CT molecular complexity index is 167. The molecule has 0 amide bonds. The van der Waals surface area contributed by atoms with E-state index in [1.165, 1.54) is 32.2 Å². The molecule has 1 N–H and O–H groups in total. The zero-order chi connectivity index (χ0) is 9.80. The summed E-state index contributed by atoms with van der Waals surface area (Å²) >= 11 is 0. The molecule has 1 saturated carbocycles. The molecule has 0 bridgehead atoms. The minimum absolute atomic E-state index is 0.608. The number of ether oxygens (including phenoxy) is 1. The number of nitrogens with zero attached hydrogens (tertiary/aromatic N) is 1. The van der Waals surface area contributed by atoms with Crippen LogP contribution in [0.3, 0.4) is 0 Å². The van der Waals surface area contributed by atoms with E-state index in [9.17, 15) is 0 Å². The predicted octanol–water partition coefficient (Wildman–Crippen LogP) is 0.849. The molecule has 82 valence electrons. The van der Waals surface area contributed by atoms with Gasteiger partial charge in [-0.2, -0.15) is 0 Å². The van der Waals surface area contributed by atoms with Gasteiger partial charge in [0.25, 0.3) is 0 Å². The molecule has 2 aliphatic rings. The van der Waals surface area contributed by atoms with Crippen molar-refractivity contribution < 1.29 is 4.74 Å². The van der Waals surface area contributed by atoms with E-state index in [2.05, 4.69) is 10.2 Å². The second-order valence-electron chi connectivity index (χ2n) is 4.49. The Morgan fingerprint density at radius 3 is 2.86 bits per heavy atom. The Labute approximate surface area is 86.8 Å². The van der Waals surface area contributed by atoms with Gasteiger partial charge in [0.1, 0.15) is 0 Å². The Hall–Kier alpha value is -0.120. The van der Waals surface area contributed by atoms with Crippen LogP contribution in [-0.4, -0.2) is 50.3 Å². The summed E-state index contributed by atoms with van der Waals surface area (Å²) in [6.45, 7) is 4.34. The second kappa shape index (κ2) is 5.10. The first-order valence-corrected chi connectivity index (χ1v) is 5.87. The molecule has 0 spiro atoms. The lowest BCUT2D eigenvalue weighted by atomic mass is 10.1. The maximum Gasteiger partial charge on any atom is 0.0630 e. The highest BCUT2D eigenvalue weighted by atomic mass is 16.5. The van der Waals surface area contributed by atoms with Crippen molar-refractivity contribution >= 4 is 0 Å². The van der Waals surface area contributed by atoms with Gasteiger partial charge in [0.15, 0.2) is 0 Å². The van der Waals surface area contributed by atoms with Crippen molar-refractivity contribution in [2.75, 3.05) is 33.4 Å². The first kappa shape index (κ1) is 10.4. The smallest absolute Gasteiger partial charge is 0.0630 e. The van der Waals surface area contributed by atoms with Crippen LogP contribution in [0.5, 0.6) is 0 Å². The molecule has 0 aromatic heterocycles. The number of nitrogens with one attached hydrogen (secondary N) is 1. The fourth-order valence-corrected chi connectivity index (χ4v) is 2.84. The van der Waals surface area contributed by atoms with Crippen molar-refractivity contribution in [1.29, 1.82) is 0 Å². The van der Waals surface area contributed by atoms with Crippen LogP contribution in [0.25, 0.3) is 0 Å². The molecule has 0 aromatic rings. The average Bonchev–Trinajstić information content (AvgIpc) is 2.72. The van der Waals surface area contributed by atoms with Crippen LogP contribution in [-0.2, 0) is 4.74 Å². The van der Waals surface area contributed by atoms with E-state index in [4.69, 9.17) is 4.74 Å². The third kappa shape index (κ3) is 2.27. The topological polar surface area (TPSA) is 24.5 Å². The van der Waals surface area contributed by atoms with Gasteiger partial charge in [-0.05, 0) is 12.8 Å². The molecule has 1 unspecified atom stereocenters. The molecule has 1 saturated heterocycles. The summed E-state index contributed by atoms with van der Waals surface area (Å²) in [5.41, 5.74) is 0. The third-order valence-electron chi connectivity index (χ3n) is 3.55. The highest BCUT2D eigenvalue weighted by Gasteiger charge is 2.30. The lowest BCUT2D eigenvalue weighted by Crippen LogP contribution is -2.56. The molecule has 1 aliphatic carbocycles. The van der Waals surface area contributed by atoms with Gasteiger partial charge in [0.2, 0.25) is 0 Å². The van der Waals surface area contributed by atoms with E-state index in [0.29, 0.717) is 6.04 Å². The third-order valence-corrected chi connectivity index (χ3v) is 3.55. The van der Waals surface area contributed by atoms with Gasteiger partial charge in [-0.3, -0.25) is 4.90 Å². The molecule has 0 aromatic carbocycles. The highest BCUT2D eigenvalue weighted by Crippen LogP contribution is 2.25. The van der Waals surface area contributed by atoms with Crippen molar-refractivity contribution in [3.05, 3.63) is 0 Å². The van der Waals surface area contributed by atoms with Crippen molar-refractivity contribution in [3.8, 4) is 0 Å². The molecule has 14 heavy (non-hydrogen) atoms. The summed E-state index contributed by atoms with van der Waals surface area (Å²) in [6, 6.07) is 1.45. The summed E-state index contributed by atoms with van der Waals surface area (Å²) in [6.07, 6.45) is 5.66. The maximum absolute atomic E-state index is 5.29. The van der Waals surface area contributed by atoms with Crippen molar-refractivity contribution in [2.45, 2.75) is 37.8 Å². The van der Waals surface area contributed by atoms with E-state index in [0.717, 1.165) is 25.7 Å². The number of piperazine rings is 1. The van der Waals surface area contributed by atoms with Crippen LogP contribution in [0.1, 0.15) is 25.7 Å². The number of rotatable bonds is 3. The standard InChI is InChI=1S/C11H22N2O/c1-14-9-11-8-12-6-7-13(11)10-4-2-3-5-10/h10-12H,2-9H2,1H3. The summed E-state index contributed by atoms with van der Waals surface area (Å²) in [5.74, 6) is 0. The Kier molecular flexibility index (Phi) is 3.79. The van der Waals surface area contributed by atoms with Gasteiger partial charge in [0, 0.05) is 38.8 Å². The molecule has 1 heterocycles. The van der Waals surface area contributed by atoms with Crippen LogP contribution in [0, 0.1) is 0 Å². The maximum atomic E-state index is 5.29. The molecule has 2 fully saturated rings. The first-order valence-electron chi connectivity index (χ1n) is 5.87. The summed E-state index contributed by atoms with van der Waals surface area (Å²) < 4.78 is 5.29. The van der Waals surface area contributed by atoms with Gasteiger partial charge in [-0.1, -0.05) is 12.8 Å². The second-order valence-corrected chi connectivity index (χ2v) is 4.49. The van der Waals surface area contributed by atoms with Crippen LogP contribution < -0.4 is 5.32 Å². The summed E-state index contributed by atoms with van der Waals surface area (Å²) in [5, 5.41) is 3.45. The van der Waals surface area contributed by atoms with Crippen LogP contribution in [0.4, 0.5) is 0 Å². The van der Waals surface area contributed by atoms with Gasteiger partial charge < -0.3 is 10.1 Å². The Morgan fingerprint density at radius 1 is 1.36 bits per heavy atom. The molecule has 2 rings (SSSR count). The summed E-state index contributed by atoms with van der Waals surface area (Å²) in [7, 11) is 1.81. The van der Waals surface area contributed by atoms with Crippen molar-refractivity contribution in [2.24, 2.45) is 0 Å². The normalized spacial score (nSPS) is 31.1. The Balaban J connectivity index is 1.91. The van der Waals surface area contributed by atoms with Gasteiger partial charge in [0.05, 0.1) is 6.61 Å². The molecule has 3 nitrogen and oxygen atoms in total. The zero-order valence-electron chi connectivity index (χ0n) is 9.17. The van der Waals surface area contributed by atoms with Gasteiger partial charge in [-0.15, -0.1) is 0 Å². The minimum Gasteiger partial charge on any atom is -0.383 e. The van der Waals surface area contributed by atoms with Crippen molar-refractivity contribution in [3.63, 3.8) is 0 Å². The van der Waals surface area contributed by atoms with E-state index >= 15 is 0 Å². The SMILES string of the molecule is COCC1CNCCN1C1CCCC1. The number of methoxy groups -OCH3 is 1. The number of hydrogen-bond donors (Lipinski definition) is 1. The van der Waals surface area contributed by atoms with E-state index in [1.807, 2.05) is 0 Å². The molecule has 1 aliphatic heterocycles. The van der Waals surface area contributed by atoms with Gasteiger partial charge >= 0.3 is 0 Å². The average molecular weight is 198 g/mol. The molecule has 1 atom stereocenters. The van der Waals surface area contributed by atoms with Gasteiger partial charge in [-0.25, -0.2) is 0 Å². The fraction of sp³-hybridized carbons (Fsp3) is 1.00. The lowest BCUT2D eigenvalue weighted by Gasteiger charge is -2.39. The molecular weight excluding hydrogens is 176 g/mol. The monoisotopic (exact) mass is 198 g/mol. The minimum atomic E-state index is 0.608. The van der Waals surface area contributed by atoms with Crippen LogP contribution in [0.15, 0.2) is 0 Å². The van der Waals surface area contributed by atoms with E-state index in [-0.39, 0.29) is 0 Å².